The highest BCUT2D eigenvalue weighted by molar-refractivity contribution is 7.99. The van der Waals surface area contributed by atoms with E-state index in [2.05, 4.69) is 79.7 Å². The van der Waals surface area contributed by atoms with E-state index in [1.165, 1.54) is 16.7 Å². The van der Waals surface area contributed by atoms with Crippen molar-refractivity contribution in [1.29, 1.82) is 0 Å². The minimum atomic E-state index is 0.187. The molecule has 0 N–H and O–H groups in total. The van der Waals surface area contributed by atoms with Gasteiger partial charge in [-0.2, -0.15) is 0 Å². The quantitative estimate of drug-likeness (QED) is 0.377. The average Bonchev–Trinajstić information content (AvgIpc) is 2.73. The number of rotatable bonds is 5. The molecule has 0 saturated carbocycles. The van der Waals surface area contributed by atoms with Crippen LogP contribution in [0.4, 0.5) is 0 Å². The monoisotopic (exact) mass is 371 g/mol. The molecule has 134 valence electrons. The van der Waals surface area contributed by atoms with Gasteiger partial charge in [-0.3, -0.25) is 0 Å². The van der Waals surface area contributed by atoms with Crippen molar-refractivity contribution < 1.29 is 4.74 Å². The van der Waals surface area contributed by atoms with E-state index in [-0.39, 0.29) is 5.25 Å². The van der Waals surface area contributed by atoms with Crippen molar-refractivity contribution >= 4 is 22.7 Å². The second-order valence-corrected chi connectivity index (χ2v) is 7.58. The Bertz CT molecular complexity index is 1010. The number of methoxy groups -OCH3 is 1. The molecule has 0 unspecified atom stereocenters. The number of aromatic nitrogens is 1. The van der Waals surface area contributed by atoms with E-state index < -0.39 is 0 Å². The summed E-state index contributed by atoms with van der Waals surface area (Å²) in [4.78, 5) is 4.94. The highest BCUT2D eigenvalue weighted by atomic mass is 32.2. The van der Waals surface area contributed by atoms with Crippen molar-refractivity contribution in [3.05, 3.63) is 102 Å². The summed E-state index contributed by atoms with van der Waals surface area (Å²) in [7, 11) is 1.70. The molecular formula is C24H21NOS. The summed E-state index contributed by atoms with van der Waals surface area (Å²) in [5.74, 6) is 0.814. The zero-order valence-corrected chi connectivity index (χ0v) is 16.2. The Morgan fingerprint density at radius 3 is 2.04 bits per heavy atom. The normalized spacial score (nSPS) is 11.1. The summed E-state index contributed by atoms with van der Waals surface area (Å²) in [6, 6.07) is 29.4. The first-order valence-corrected chi connectivity index (χ1v) is 9.85. The third-order valence-electron chi connectivity index (χ3n) is 4.65. The third kappa shape index (κ3) is 3.69. The van der Waals surface area contributed by atoms with Crippen molar-refractivity contribution in [3.8, 4) is 5.75 Å². The van der Waals surface area contributed by atoms with Crippen LogP contribution < -0.4 is 4.74 Å². The number of hydrogen-bond acceptors (Lipinski definition) is 3. The van der Waals surface area contributed by atoms with Crippen molar-refractivity contribution in [2.75, 3.05) is 7.11 Å². The van der Waals surface area contributed by atoms with Crippen LogP contribution in [-0.4, -0.2) is 12.1 Å². The number of hydrogen-bond donors (Lipinski definition) is 0. The molecule has 3 aromatic carbocycles. The lowest BCUT2D eigenvalue weighted by Crippen LogP contribution is -1.98. The number of thioether (sulfide) groups is 1. The molecule has 0 amide bonds. The molecule has 0 saturated heterocycles. The van der Waals surface area contributed by atoms with Crippen LogP contribution in [0.15, 0.2) is 90.0 Å². The summed E-state index contributed by atoms with van der Waals surface area (Å²) < 4.78 is 5.54. The maximum atomic E-state index is 5.54. The Hall–Kier alpha value is -2.78. The number of para-hydroxylation sites is 1. The largest absolute Gasteiger partial charge is 0.494 e. The molecule has 0 bridgehead atoms. The molecule has 0 fully saturated rings. The SMILES string of the molecule is COc1cccc2c(C)cc(SC(c3ccccc3)c3ccccc3)nc12. The first-order chi connectivity index (χ1) is 13.3. The molecule has 4 rings (SSSR count). The van der Waals surface area contributed by atoms with Crippen LogP contribution >= 0.6 is 11.8 Å². The first kappa shape index (κ1) is 17.6. The fraction of sp³-hybridized carbons (Fsp3) is 0.125. The summed E-state index contributed by atoms with van der Waals surface area (Å²) in [6.45, 7) is 2.13. The topological polar surface area (TPSA) is 22.1 Å². The predicted molar refractivity (Wildman–Crippen MR) is 114 cm³/mol. The number of ether oxygens (including phenoxy) is 1. The van der Waals surface area contributed by atoms with Gasteiger partial charge < -0.3 is 4.74 Å². The maximum absolute atomic E-state index is 5.54. The Morgan fingerprint density at radius 2 is 1.44 bits per heavy atom. The maximum Gasteiger partial charge on any atom is 0.145 e. The van der Waals surface area contributed by atoms with Gasteiger partial charge in [-0.1, -0.05) is 84.6 Å². The van der Waals surface area contributed by atoms with E-state index in [1.54, 1.807) is 18.9 Å². The van der Waals surface area contributed by atoms with E-state index in [1.807, 2.05) is 12.1 Å². The molecule has 0 spiro atoms. The Balaban J connectivity index is 1.80. The first-order valence-electron chi connectivity index (χ1n) is 8.97. The van der Waals surface area contributed by atoms with Gasteiger partial charge in [-0.15, -0.1) is 0 Å². The van der Waals surface area contributed by atoms with E-state index >= 15 is 0 Å². The van der Waals surface area contributed by atoms with Gasteiger partial charge in [0.25, 0.3) is 0 Å². The van der Waals surface area contributed by atoms with Crippen LogP contribution in [0.1, 0.15) is 21.9 Å². The Kier molecular flexibility index (Phi) is 5.12. The number of pyridine rings is 1. The molecule has 0 radical (unpaired) electrons. The van der Waals surface area contributed by atoms with E-state index in [9.17, 15) is 0 Å². The molecule has 2 nitrogen and oxygen atoms in total. The lowest BCUT2D eigenvalue weighted by molar-refractivity contribution is 0.418. The molecule has 3 heteroatoms. The lowest BCUT2D eigenvalue weighted by Gasteiger charge is -2.18. The minimum absolute atomic E-state index is 0.187. The number of aryl methyl sites for hydroxylation is 1. The zero-order chi connectivity index (χ0) is 18.6. The predicted octanol–water partition coefficient (Wildman–Crippen LogP) is 6.43. The summed E-state index contributed by atoms with van der Waals surface area (Å²) in [5.41, 5.74) is 4.67. The van der Waals surface area contributed by atoms with Crippen LogP contribution in [0.5, 0.6) is 5.75 Å². The van der Waals surface area contributed by atoms with E-state index in [4.69, 9.17) is 9.72 Å². The molecular weight excluding hydrogens is 350 g/mol. The lowest BCUT2D eigenvalue weighted by atomic mass is 10.0. The summed E-state index contributed by atoms with van der Waals surface area (Å²) in [6.07, 6.45) is 0. The van der Waals surface area contributed by atoms with Gasteiger partial charge in [0.05, 0.1) is 17.4 Å². The zero-order valence-electron chi connectivity index (χ0n) is 15.4. The van der Waals surface area contributed by atoms with Crippen LogP contribution in [0.3, 0.4) is 0 Å². The molecule has 0 atom stereocenters. The van der Waals surface area contributed by atoms with Crippen molar-refractivity contribution in [3.63, 3.8) is 0 Å². The number of fused-ring (bicyclic) bond motifs is 1. The van der Waals surface area contributed by atoms with Gasteiger partial charge in [0, 0.05) is 5.39 Å². The van der Waals surface area contributed by atoms with Crippen molar-refractivity contribution in [1.82, 2.24) is 4.98 Å². The van der Waals surface area contributed by atoms with Gasteiger partial charge in [-0.05, 0) is 35.7 Å². The number of nitrogens with zero attached hydrogens (tertiary/aromatic N) is 1. The summed E-state index contributed by atoms with van der Waals surface area (Å²) in [5, 5.41) is 2.32. The van der Waals surface area contributed by atoms with Crippen molar-refractivity contribution in [2.45, 2.75) is 17.2 Å². The molecule has 4 aromatic rings. The van der Waals surface area contributed by atoms with Gasteiger partial charge in [0.1, 0.15) is 11.3 Å². The van der Waals surface area contributed by atoms with Gasteiger partial charge in [0.2, 0.25) is 0 Å². The molecule has 1 heterocycles. The molecule has 0 aliphatic carbocycles. The van der Waals surface area contributed by atoms with E-state index in [0.717, 1.165) is 21.7 Å². The molecule has 27 heavy (non-hydrogen) atoms. The van der Waals surface area contributed by atoms with Gasteiger partial charge >= 0.3 is 0 Å². The second kappa shape index (κ2) is 7.85. The average molecular weight is 372 g/mol. The molecule has 1 aromatic heterocycles. The van der Waals surface area contributed by atoms with E-state index in [0.29, 0.717) is 0 Å². The molecule has 0 aliphatic heterocycles. The third-order valence-corrected chi connectivity index (χ3v) is 5.88. The minimum Gasteiger partial charge on any atom is -0.494 e. The Morgan fingerprint density at radius 1 is 0.815 bits per heavy atom. The van der Waals surface area contributed by atoms with Crippen LogP contribution in [0.2, 0.25) is 0 Å². The molecule has 0 aliphatic rings. The standard InChI is InChI=1S/C24H21NOS/c1-17-16-22(25-23-20(17)14-9-15-21(23)26-2)27-24(18-10-5-3-6-11-18)19-12-7-4-8-13-19/h3-16,24H,1-2H3. The van der Waals surface area contributed by atoms with Crippen molar-refractivity contribution in [2.24, 2.45) is 0 Å². The van der Waals surface area contributed by atoms with Crippen LogP contribution in [0.25, 0.3) is 10.9 Å². The number of benzene rings is 3. The van der Waals surface area contributed by atoms with Crippen LogP contribution in [-0.2, 0) is 0 Å². The smallest absolute Gasteiger partial charge is 0.145 e. The summed E-state index contributed by atoms with van der Waals surface area (Å²) >= 11 is 1.78. The fourth-order valence-electron chi connectivity index (χ4n) is 3.29. The van der Waals surface area contributed by atoms with Gasteiger partial charge in [-0.25, -0.2) is 4.98 Å². The highest BCUT2D eigenvalue weighted by Crippen LogP contribution is 2.41. The van der Waals surface area contributed by atoms with Crippen LogP contribution in [0, 0.1) is 6.92 Å². The highest BCUT2D eigenvalue weighted by Gasteiger charge is 2.17. The second-order valence-electron chi connectivity index (χ2n) is 6.45. The van der Waals surface area contributed by atoms with Gasteiger partial charge in [0.15, 0.2) is 0 Å². The fourth-order valence-corrected chi connectivity index (χ4v) is 4.51. The Labute approximate surface area is 164 Å².